The fourth-order valence-electron chi connectivity index (χ4n) is 2.56. The molecule has 0 aliphatic rings. The minimum absolute atomic E-state index is 0.191. The molecule has 0 unspecified atom stereocenters. The first kappa shape index (κ1) is 19.0. The van der Waals surface area contributed by atoms with Crippen molar-refractivity contribution in [3.8, 4) is 0 Å². The summed E-state index contributed by atoms with van der Waals surface area (Å²) < 4.78 is 27.3. The van der Waals surface area contributed by atoms with Crippen molar-refractivity contribution in [1.29, 1.82) is 0 Å². The van der Waals surface area contributed by atoms with E-state index in [1.807, 2.05) is 24.3 Å². The maximum Gasteiger partial charge on any atom is 0.264 e. The molecule has 0 aromatic heterocycles. The van der Waals surface area contributed by atoms with Crippen LogP contribution in [0.5, 0.6) is 0 Å². The van der Waals surface area contributed by atoms with Gasteiger partial charge in [0.05, 0.1) is 10.6 Å². The third-order valence-electron chi connectivity index (χ3n) is 3.90. The lowest BCUT2D eigenvalue weighted by Gasteiger charge is -2.23. The lowest BCUT2D eigenvalue weighted by Crippen LogP contribution is -2.30. The maximum atomic E-state index is 13.0. The van der Waals surface area contributed by atoms with E-state index in [2.05, 4.69) is 19.2 Å². The molecule has 0 fully saturated rings. The number of anilines is 2. The fourth-order valence-corrected chi connectivity index (χ4v) is 4.03. The second kappa shape index (κ2) is 7.70. The Morgan fingerprint density at radius 1 is 1.04 bits per heavy atom. The molecule has 0 aliphatic carbocycles. The molecular weight excluding hydrogens is 336 g/mol. The van der Waals surface area contributed by atoms with E-state index in [4.69, 9.17) is 0 Å². The van der Waals surface area contributed by atoms with E-state index in [0.717, 1.165) is 5.56 Å². The summed E-state index contributed by atoms with van der Waals surface area (Å²) in [6.07, 6.45) is 0. The molecule has 0 aliphatic heterocycles. The number of sulfonamides is 1. The van der Waals surface area contributed by atoms with Crippen molar-refractivity contribution in [3.63, 3.8) is 0 Å². The average molecular weight is 360 g/mol. The largest absolute Gasteiger partial charge is 0.326 e. The van der Waals surface area contributed by atoms with Crippen LogP contribution in [0.3, 0.4) is 0 Å². The summed E-state index contributed by atoms with van der Waals surface area (Å²) in [4.78, 5) is 11.3. The Morgan fingerprint density at radius 2 is 1.60 bits per heavy atom. The number of nitrogens with one attached hydrogen (secondary N) is 1. The number of rotatable bonds is 6. The van der Waals surface area contributed by atoms with Gasteiger partial charge in [-0.25, -0.2) is 8.42 Å². The van der Waals surface area contributed by atoms with Gasteiger partial charge in [0.25, 0.3) is 10.0 Å². The van der Waals surface area contributed by atoms with E-state index in [1.54, 1.807) is 19.1 Å². The summed E-state index contributed by atoms with van der Waals surface area (Å²) >= 11 is 0. The molecule has 1 N–H and O–H groups in total. The molecule has 0 saturated carbocycles. The highest BCUT2D eigenvalue weighted by atomic mass is 32.2. The Labute approximate surface area is 149 Å². The van der Waals surface area contributed by atoms with E-state index in [9.17, 15) is 13.2 Å². The van der Waals surface area contributed by atoms with Crippen LogP contribution < -0.4 is 9.62 Å². The van der Waals surface area contributed by atoms with Gasteiger partial charge in [-0.1, -0.05) is 26.0 Å². The van der Waals surface area contributed by atoms with Crippen molar-refractivity contribution < 1.29 is 13.2 Å². The second-order valence-corrected chi connectivity index (χ2v) is 7.98. The Hall–Kier alpha value is -2.34. The molecule has 0 spiro atoms. The Bertz CT molecular complexity index is 826. The average Bonchev–Trinajstić information content (AvgIpc) is 2.55. The van der Waals surface area contributed by atoms with E-state index in [1.165, 1.54) is 23.4 Å². The molecule has 2 aromatic rings. The summed E-state index contributed by atoms with van der Waals surface area (Å²) in [5, 5.41) is 2.63. The number of carbonyl (C=O) groups is 1. The van der Waals surface area contributed by atoms with Crippen LogP contribution in [-0.2, 0) is 14.8 Å². The third kappa shape index (κ3) is 4.39. The van der Waals surface area contributed by atoms with E-state index < -0.39 is 10.0 Å². The summed E-state index contributed by atoms with van der Waals surface area (Å²) in [6.45, 7) is 7.74. The lowest BCUT2D eigenvalue weighted by molar-refractivity contribution is -0.114. The normalized spacial score (nSPS) is 11.4. The SMILES string of the molecule is CCN(c1ccc(C(C)C)cc1)S(=O)(=O)c1ccc(NC(C)=O)cc1. The summed E-state index contributed by atoms with van der Waals surface area (Å²) in [5.74, 6) is 0.193. The zero-order valence-electron chi connectivity index (χ0n) is 15.0. The molecule has 0 heterocycles. The van der Waals surface area contributed by atoms with Crippen LogP contribution in [0.2, 0.25) is 0 Å². The number of nitrogens with zero attached hydrogens (tertiary/aromatic N) is 1. The van der Waals surface area contributed by atoms with Crippen molar-refractivity contribution in [2.45, 2.75) is 38.5 Å². The maximum absolute atomic E-state index is 13.0. The standard InChI is InChI=1S/C19H24N2O3S/c1-5-21(18-10-6-16(7-11-18)14(2)3)25(23,24)19-12-8-17(9-13-19)20-15(4)22/h6-14H,5H2,1-4H3,(H,20,22). The predicted molar refractivity (Wildman–Crippen MR) is 101 cm³/mol. The van der Waals surface area contributed by atoms with Gasteiger partial charge >= 0.3 is 0 Å². The van der Waals surface area contributed by atoms with Gasteiger partial charge in [-0.05, 0) is 54.8 Å². The summed E-state index contributed by atoms with van der Waals surface area (Å²) in [7, 11) is -3.66. The van der Waals surface area contributed by atoms with Gasteiger partial charge in [0.2, 0.25) is 5.91 Å². The molecule has 2 aromatic carbocycles. The molecule has 134 valence electrons. The summed E-state index contributed by atoms with van der Waals surface area (Å²) in [5.41, 5.74) is 2.37. The number of hydrogen-bond donors (Lipinski definition) is 1. The molecule has 5 nitrogen and oxygen atoms in total. The van der Waals surface area contributed by atoms with Crippen LogP contribution in [0.15, 0.2) is 53.4 Å². The van der Waals surface area contributed by atoms with Crippen LogP contribution in [0.4, 0.5) is 11.4 Å². The second-order valence-electron chi connectivity index (χ2n) is 6.12. The van der Waals surface area contributed by atoms with Crippen molar-refractivity contribution in [2.24, 2.45) is 0 Å². The number of benzene rings is 2. The zero-order valence-corrected chi connectivity index (χ0v) is 15.8. The first-order valence-electron chi connectivity index (χ1n) is 8.26. The first-order chi connectivity index (χ1) is 11.8. The van der Waals surface area contributed by atoms with Gasteiger partial charge in [-0.2, -0.15) is 0 Å². The number of hydrogen-bond acceptors (Lipinski definition) is 3. The molecule has 25 heavy (non-hydrogen) atoms. The minimum Gasteiger partial charge on any atom is -0.326 e. The van der Waals surface area contributed by atoms with E-state index >= 15 is 0 Å². The molecule has 2 rings (SSSR count). The lowest BCUT2D eigenvalue weighted by atomic mass is 10.0. The van der Waals surface area contributed by atoms with Gasteiger partial charge < -0.3 is 5.32 Å². The molecule has 0 atom stereocenters. The van der Waals surface area contributed by atoms with Gasteiger partial charge in [0.1, 0.15) is 0 Å². The van der Waals surface area contributed by atoms with Crippen molar-refractivity contribution >= 4 is 27.3 Å². The Morgan fingerprint density at radius 3 is 2.04 bits per heavy atom. The highest BCUT2D eigenvalue weighted by Crippen LogP contribution is 2.26. The molecule has 6 heteroatoms. The van der Waals surface area contributed by atoms with Crippen LogP contribution in [-0.4, -0.2) is 20.9 Å². The van der Waals surface area contributed by atoms with Crippen LogP contribution in [0, 0.1) is 0 Å². The number of amides is 1. The van der Waals surface area contributed by atoms with Gasteiger partial charge in [-0.15, -0.1) is 0 Å². The van der Waals surface area contributed by atoms with E-state index in [0.29, 0.717) is 23.8 Å². The minimum atomic E-state index is -3.66. The van der Waals surface area contributed by atoms with Crippen molar-refractivity contribution in [1.82, 2.24) is 0 Å². The van der Waals surface area contributed by atoms with Gasteiger partial charge in [-0.3, -0.25) is 9.10 Å². The third-order valence-corrected chi connectivity index (χ3v) is 5.81. The molecule has 0 bridgehead atoms. The first-order valence-corrected chi connectivity index (χ1v) is 9.70. The molecule has 0 radical (unpaired) electrons. The zero-order chi connectivity index (χ0) is 18.6. The predicted octanol–water partition coefficient (Wildman–Crippen LogP) is 3.98. The van der Waals surface area contributed by atoms with Gasteiger partial charge in [0.15, 0.2) is 0 Å². The van der Waals surface area contributed by atoms with Crippen molar-refractivity contribution in [3.05, 3.63) is 54.1 Å². The van der Waals surface area contributed by atoms with Crippen LogP contribution in [0.25, 0.3) is 0 Å². The van der Waals surface area contributed by atoms with Crippen LogP contribution in [0.1, 0.15) is 39.2 Å². The van der Waals surface area contributed by atoms with E-state index in [-0.39, 0.29) is 10.8 Å². The highest BCUT2D eigenvalue weighted by molar-refractivity contribution is 7.92. The molecule has 1 amide bonds. The smallest absolute Gasteiger partial charge is 0.264 e. The fraction of sp³-hybridized carbons (Fsp3) is 0.316. The van der Waals surface area contributed by atoms with Crippen LogP contribution >= 0.6 is 0 Å². The summed E-state index contributed by atoms with van der Waals surface area (Å²) in [6, 6.07) is 13.8. The molecule has 0 saturated heterocycles. The molecular formula is C19H24N2O3S. The topological polar surface area (TPSA) is 66.5 Å². The Balaban J connectivity index is 2.33. The number of carbonyl (C=O) groups excluding carboxylic acids is 1. The quantitative estimate of drug-likeness (QED) is 0.847. The monoisotopic (exact) mass is 360 g/mol. The van der Waals surface area contributed by atoms with Crippen molar-refractivity contribution in [2.75, 3.05) is 16.2 Å². The highest BCUT2D eigenvalue weighted by Gasteiger charge is 2.23. The Kier molecular flexibility index (Phi) is 5.85. The van der Waals surface area contributed by atoms with Gasteiger partial charge in [0, 0.05) is 19.2 Å².